The number of amides is 1. The van der Waals surface area contributed by atoms with E-state index in [4.69, 9.17) is 0 Å². The van der Waals surface area contributed by atoms with Gasteiger partial charge in [-0.1, -0.05) is 6.07 Å². The summed E-state index contributed by atoms with van der Waals surface area (Å²) in [6.07, 6.45) is 1.18. The highest BCUT2D eigenvalue weighted by Gasteiger charge is 2.20. The zero-order chi connectivity index (χ0) is 10.8. The number of carbonyl (C=O) groups is 1. The van der Waals surface area contributed by atoms with Gasteiger partial charge < -0.3 is 4.90 Å². The quantitative estimate of drug-likeness (QED) is 0.729. The molecule has 0 saturated carbocycles. The summed E-state index contributed by atoms with van der Waals surface area (Å²) in [6, 6.07) is 3.57. The van der Waals surface area contributed by atoms with Crippen molar-refractivity contribution in [2.45, 2.75) is 12.8 Å². The number of rotatable bonds is 2. The van der Waals surface area contributed by atoms with Crippen molar-refractivity contribution >= 4 is 5.91 Å². The minimum atomic E-state index is -0.899. The number of hydrogen-bond acceptors (Lipinski definition) is 1. The molecular weight excluding hydrogens is 200 g/mol. The molecule has 1 aliphatic rings. The van der Waals surface area contributed by atoms with Crippen LogP contribution in [0.15, 0.2) is 18.2 Å². The summed E-state index contributed by atoms with van der Waals surface area (Å²) in [6.45, 7) is 1.56. The van der Waals surface area contributed by atoms with E-state index in [1.165, 1.54) is 6.07 Å². The van der Waals surface area contributed by atoms with Crippen LogP contribution in [0.2, 0.25) is 0 Å². The maximum atomic E-state index is 12.8. The normalized spacial score (nSPS) is 14.9. The van der Waals surface area contributed by atoms with E-state index in [1.807, 2.05) is 0 Å². The lowest BCUT2D eigenvalue weighted by atomic mass is 10.1. The largest absolute Gasteiger partial charge is 0.342 e. The molecular formula is C11H11F2NO. The summed E-state index contributed by atoms with van der Waals surface area (Å²) in [7, 11) is 0. The van der Waals surface area contributed by atoms with Crippen LogP contribution < -0.4 is 0 Å². The molecule has 4 heteroatoms. The smallest absolute Gasteiger partial charge is 0.226 e. The lowest BCUT2D eigenvalue weighted by Crippen LogP contribution is -2.42. The highest BCUT2D eigenvalue weighted by molar-refractivity contribution is 5.79. The van der Waals surface area contributed by atoms with Crippen molar-refractivity contribution in [3.63, 3.8) is 0 Å². The molecule has 1 heterocycles. The third kappa shape index (κ3) is 2.14. The molecule has 0 radical (unpaired) electrons. The van der Waals surface area contributed by atoms with E-state index in [0.717, 1.165) is 31.6 Å². The second-order valence-corrected chi connectivity index (χ2v) is 3.66. The first kappa shape index (κ1) is 10.1. The second kappa shape index (κ2) is 3.96. The average Bonchev–Trinajstić information content (AvgIpc) is 2.08. The van der Waals surface area contributed by atoms with Crippen molar-refractivity contribution in [3.05, 3.63) is 35.4 Å². The predicted molar refractivity (Wildman–Crippen MR) is 51.3 cm³/mol. The van der Waals surface area contributed by atoms with Gasteiger partial charge in [0.25, 0.3) is 0 Å². The van der Waals surface area contributed by atoms with Crippen LogP contribution in [-0.4, -0.2) is 23.9 Å². The monoisotopic (exact) mass is 211 g/mol. The number of halogens is 2. The summed E-state index contributed by atoms with van der Waals surface area (Å²) in [5.74, 6) is -1.80. The van der Waals surface area contributed by atoms with Crippen LogP contribution >= 0.6 is 0 Å². The van der Waals surface area contributed by atoms with E-state index in [0.29, 0.717) is 5.56 Å². The van der Waals surface area contributed by atoms with Gasteiger partial charge >= 0.3 is 0 Å². The van der Waals surface area contributed by atoms with Gasteiger partial charge in [0.05, 0.1) is 6.42 Å². The Morgan fingerprint density at radius 2 is 2.00 bits per heavy atom. The molecule has 0 bridgehead atoms. The van der Waals surface area contributed by atoms with Crippen molar-refractivity contribution < 1.29 is 13.6 Å². The Kier molecular flexibility index (Phi) is 2.66. The van der Waals surface area contributed by atoms with Crippen molar-refractivity contribution in [2.24, 2.45) is 0 Å². The van der Waals surface area contributed by atoms with Crippen LogP contribution in [0.5, 0.6) is 0 Å². The molecule has 0 aromatic heterocycles. The van der Waals surface area contributed by atoms with Crippen molar-refractivity contribution in [3.8, 4) is 0 Å². The van der Waals surface area contributed by atoms with Crippen LogP contribution in [0.25, 0.3) is 0 Å². The Hall–Kier alpha value is -1.45. The van der Waals surface area contributed by atoms with E-state index in [1.54, 1.807) is 4.90 Å². The first-order valence-electron chi connectivity index (χ1n) is 4.88. The maximum absolute atomic E-state index is 12.8. The van der Waals surface area contributed by atoms with E-state index in [-0.39, 0.29) is 12.3 Å². The van der Waals surface area contributed by atoms with Crippen molar-refractivity contribution in [1.82, 2.24) is 4.90 Å². The van der Waals surface area contributed by atoms with E-state index in [2.05, 4.69) is 0 Å². The summed E-state index contributed by atoms with van der Waals surface area (Å²) >= 11 is 0. The fourth-order valence-corrected chi connectivity index (χ4v) is 1.50. The molecule has 1 saturated heterocycles. The van der Waals surface area contributed by atoms with Gasteiger partial charge in [0.15, 0.2) is 11.6 Å². The number of nitrogens with zero attached hydrogens (tertiary/aromatic N) is 1. The molecule has 0 N–H and O–H groups in total. The number of likely N-dealkylation sites (tertiary alicyclic amines) is 1. The molecule has 2 rings (SSSR count). The van der Waals surface area contributed by atoms with Crippen LogP contribution in [0, 0.1) is 11.6 Å². The van der Waals surface area contributed by atoms with Crippen LogP contribution in [0.4, 0.5) is 8.78 Å². The predicted octanol–water partition coefficient (Wildman–Crippen LogP) is 1.74. The molecule has 80 valence electrons. The minimum absolute atomic E-state index is 0.0211. The molecule has 1 aliphatic heterocycles. The highest BCUT2D eigenvalue weighted by atomic mass is 19.2. The summed E-state index contributed by atoms with van der Waals surface area (Å²) in [5.41, 5.74) is 0.519. The average molecular weight is 211 g/mol. The van der Waals surface area contributed by atoms with Gasteiger partial charge in [-0.15, -0.1) is 0 Å². The first-order valence-corrected chi connectivity index (χ1v) is 4.88. The molecule has 15 heavy (non-hydrogen) atoms. The Morgan fingerprint density at radius 1 is 1.27 bits per heavy atom. The molecule has 1 fully saturated rings. The van der Waals surface area contributed by atoms with E-state index in [9.17, 15) is 13.6 Å². The molecule has 0 aliphatic carbocycles. The van der Waals surface area contributed by atoms with Crippen molar-refractivity contribution in [1.29, 1.82) is 0 Å². The van der Waals surface area contributed by atoms with Crippen LogP contribution in [0.1, 0.15) is 12.0 Å². The van der Waals surface area contributed by atoms with Gasteiger partial charge in [-0.3, -0.25) is 4.79 Å². The lowest BCUT2D eigenvalue weighted by Gasteiger charge is -2.30. The van der Waals surface area contributed by atoms with Gasteiger partial charge in [0.2, 0.25) is 5.91 Å². The number of benzene rings is 1. The summed E-state index contributed by atoms with van der Waals surface area (Å²) < 4.78 is 25.4. The number of hydrogen-bond donors (Lipinski definition) is 0. The minimum Gasteiger partial charge on any atom is -0.342 e. The molecule has 0 spiro atoms. The fraction of sp³-hybridized carbons (Fsp3) is 0.364. The van der Waals surface area contributed by atoms with Gasteiger partial charge in [0, 0.05) is 13.1 Å². The van der Waals surface area contributed by atoms with E-state index < -0.39 is 11.6 Å². The standard InChI is InChI=1S/C11H11F2NO/c12-9-3-2-8(6-10(9)13)7-11(15)14-4-1-5-14/h2-3,6H,1,4-5,7H2. The van der Waals surface area contributed by atoms with Gasteiger partial charge in [-0.25, -0.2) is 8.78 Å². The molecule has 1 amide bonds. The van der Waals surface area contributed by atoms with Crippen LogP contribution in [-0.2, 0) is 11.2 Å². The Morgan fingerprint density at radius 3 is 2.53 bits per heavy atom. The Balaban J connectivity index is 2.03. The Labute approximate surface area is 86.5 Å². The molecule has 0 unspecified atom stereocenters. The third-order valence-corrected chi connectivity index (χ3v) is 2.55. The zero-order valence-corrected chi connectivity index (χ0v) is 8.17. The van der Waals surface area contributed by atoms with Gasteiger partial charge in [0.1, 0.15) is 0 Å². The SMILES string of the molecule is O=C(Cc1ccc(F)c(F)c1)N1CCC1. The molecule has 0 atom stereocenters. The zero-order valence-electron chi connectivity index (χ0n) is 8.17. The van der Waals surface area contributed by atoms with Crippen molar-refractivity contribution in [2.75, 3.05) is 13.1 Å². The molecule has 1 aromatic carbocycles. The maximum Gasteiger partial charge on any atom is 0.226 e. The highest BCUT2D eigenvalue weighted by Crippen LogP contribution is 2.12. The third-order valence-electron chi connectivity index (χ3n) is 2.55. The first-order chi connectivity index (χ1) is 7.16. The van der Waals surface area contributed by atoms with Gasteiger partial charge in [-0.2, -0.15) is 0 Å². The topological polar surface area (TPSA) is 20.3 Å². The second-order valence-electron chi connectivity index (χ2n) is 3.66. The van der Waals surface area contributed by atoms with E-state index >= 15 is 0 Å². The summed E-state index contributed by atoms with van der Waals surface area (Å²) in [5, 5.41) is 0. The molecule has 2 nitrogen and oxygen atoms in total. The number of carbonyl (C=O) groups excluding carboxylic acids is 1. The Bertz CT molecular complexity index is 388. The van der Waals surface area contributed by atoms with Gasteiger partial charge in [-0.05, 0) is 24.1 Å². The lowest BCUT2D eigenvalue weighted by molar-refractivity contribution is -0.133. The van der Waals surface area contributed by atoms with Crippen LogP contribution in [0.3, 0.4) is 0 Å². The fourth-order valence-electron chi connectivity index (χ4n) is 1.50. The summed E-state index contributed by atoms with van der Waals surface area (Å²) in [4.78, 5) is 13.2. The molecule has 1 aromatic rings.